The first-order chi connectivity index (χ1) is 7.55. The van der Waals surface area contributed by atoms with Crippen molar-refractivity contribution in [2.24, 2.45) is 0 Å². The van der Waals surface area contributed by atoms with E-state index in [1.807, 2.05) is 17.5 Å². The number of aromatic nitrogens is 1. The molecule has 1 aromatic heterocycles. The Labute approximate surface area is 102 Å². The number of thiazole rings is 1. The van der Waals surface area contributed by atoms with Crippen LogP contribution in [-0.4, -0.2) is 36.1 Å². The van der Waals surface area contributed by atoms with E-state index in [4.69, 9.17) is 0 Å². The highest BCUT2D eigenvalue weighted by molar-refractivity contribution is 7.11. The summed E-state index contributed by atoms with van der Waals surface area (Å²) in [5.74, 6) is 0. The SMILES string of the molecule is CC(C)(C)c1ncc(CN2CCNCC2)s1. The molecule has 0 saturated carbocycles. The molecule has 1 N–H and O–H groups in total. The molecular weight excluding hydrogens is 218 g/mol. The van der Waals surface area contributed by atoms with Gasteiger partial charge in [-0.2, -0.15) is 0 Å². The van der Waals surface area contributed by atoms with Gasteiger partial charge in [-0.25, -0.2) is 4.98 Å². The smallest absolute Gasteiger partial charge is 0.0981 e. The molecule has 1 saturated heterocycles. The number of nitrogens with zero attached hydrogens (tertiary/aromatic N) is 2. The van der Waals surface area contributed by atoms with Gasteiger partial charge in [0.25, 0.3) is 0 Å². The second kappa shape index (κ2) is 4.82. The monoisotopic (exact) mass is 239 g/mol. The summed E-state index contributed by atoms with van der Waals surface area (Å²) < 4.78 is 0. The average molecular weight is 239 g/mol. The first-order valence-corrected chi connectivity index (χ1v) is 6.75. The first kappa shape index (κ1) is 12.0. The van der Waals surface area contributed by atoms with E-state index in [-0.39, 0.29) is 5.41 Å². The molecule has 0 spiro atoms. The topological polar surface area (TPSA) is 28.2 Å². The molecule has 0 aromatic carbocycles. The van der Waals surface area contributed by atoms with Crippen molar-refractivity contribution in [1.82, 2.24) is 15.2 Å². The van der Waals surface area contributed by atoms with Crippen molar-refractivity contribution < 1.29 is 0 Å². The van der Waals surface area contributed by atoms with Gasteiger partial charge in [-0.3, -0.25) is 4.90 Å². The molecule has 1 aliphatic heterocycles. The van der Waals surface area contributed by atoms with Crippen LogP contribution in [0.5, 0.6) is 0 Å². The van der Waals surface area contributed by atoms with Crippen LogP contribution >= 0.6 is 11.3 Å². The van der Waals surface area contributed by atoms with Gasteiger partial charge in [0, 0.05) is 49.2 Å². The molecule has 0 aliphatic carbocycles. The van der Waals surface area contributed by atoms with Crippen molar-refractivity contribution in [1.29, 1.82) is 0 Å². The Balaban J connectivity index is 1.97. The summed E-state index contributed by atoms with van der Waals surface area (Å²) in [7, 11) is 0. The normalized spacial score (nSPS) is 18.9. The molecule has 1 aliphatic rings. The first-order valence-electron chi connectivity index (χ1n) is 5.94. The molecule has 2 heterocycles. The van der Waals surface area contributed by atoms with E-state index in [1.165, 1.54) is 9.88 Å². The Kier molecular flexibility index (Phi) is 3.62. The van der Waals surface area contributed by atoms with Gasteiger partial charge in [0.05, 0.1) is 5.01 Å². The third-order valence-electron chi connectivity index (χ3n) is 2.78. The molecule has 3 nitrogen and oxygen atoms in total. The molecule has 1 fully saturated rings. The van der Waals surface area contributed by atoms with Crippen LogP contribution in [0.1, 0.15) is 30.7 Å². The maximum Gasteiger partial charge on any atom is 0.0981 e. The summed E-state index contributed by atoms with van der Waals surface area (Å²) in [5, 5.41) is 4.62. The Morgan fingerprint density at radius 3 is 2.62 bits per heavy atom. The van der Waals surface area contributed by atoms with Gasteiger partial charge in [0.2, 0.25) is 0 Å². The highest BCUT2D eigenvalue weighted by Gasteiger charge is 2.19. The second-order valence-electron chi connectivity index (χ2n) is 5.41. The predicted octanol–water partition coefficient (Wildman–Crippen LogP) is 1.85. The number of hydrogen-bond donors (Lipinski definition) is 1. The Morgan fingerprint density at radius 2 is 2.06 bits per heavy atom. The zero-order valence-electron chi connectivity index (χ0n) is 10.4. The highest BCUT2D eigenvalue weighted by atomic mass is 32.1. The van der Waals surface area contributed by atoms with Gasteiger partial charge >= 0.3 is 0 Å². The molecule has 1 aromatic rings. The molecule has 90 valence electrons. The molecular formula is C12H21N3S. The van der Waals surface area contributed by atoms with Crippen LogP contribution in [0.3, 0.4) is 0 Å². The Morgan fingerprint density at radius 1 is 1.38 bits per heavy atom. The Hall–Kier alpha value is -0.450. The average Bonchev–Trinajstić information content (AvgIpc) is 2.67. The van der Waals surface area contributed by atoms with E-state index in [2.05, 4.69) is 36.0 Å². The summed E-state index contributed by atoms with van der Waals surface area (Å²) in [4.78, 5) is 8.42. The molecule has 0 unspecified atom stereocenters. The lowest BCUT2D eigenvalue weighted by molar-refractivity contribution is 0.235. The molecule has 0 atom stereocenters. The number of nitrogens with one attached hydrogen (secondary N) is 1. The zero-order valence-corrected chi connectivity index (χ0v) is 11.2. The molecule has 16 heavy (non-hydrogen) atoms. The Bertz CT molecular complexity index is 334. The van der Waals surface area contributed by atoms with Gasteiger partial charge in [-0.15, -0.1) is 11.3 Å². The van der Waals surface area contributed by atoms with Crippen LogP contribution in [0.25, 0.3) is 0 Å². The van der Waals surface area contributed by atoms with Gasteiger partial charge in [0.15, 0.2) is 0 Å². The zero-order chi connectivity index (χ0) is 11.6. The van der Waals surface area contributed by atoms with Gasteiger partial charge in [-0.1, -0.05) is 20.8 Å². The van der Waals surface area contributed by atoms with Crippen molar-refractivity contribution >= 4 is 11.3 Å². The van der Waals surface area contributed by atoms with Gasteiger partial charge < -0.3 is 5.32 Å². The van der Waals surface area contributed by atoms with Crippen molar-refractivity contribution in [3.05, 3.63) is 16.1 Å². The molecule has 0 radical (unpaired) electrons. The molecule has 0 bridgehead atoms. The number of piperazine rings is 1. The van der Waals surface area contributed by atoms with Crippen LogP contribution in [0.2, 0.25) is 0 Å². The largest absolute Gasteiger partial charge is 0.314 e. The van der Waals surface area contributed by atoms with Crippen LogP contribution in [0, 0.1) is 0 Å². The third-order valence-corrected chi connectivity index (χ3v) is 4.19. The minimum absolute atomic E-state index is 0.187. The fourth-order valence-electron chi connectivity index (χ4n) is 1.82. The van der Waals surface area contributed by atoms with E-state index in [1.54, 1.807) is 0 Å². The summed E-state index contributed by atoms with van der Waals surface area (Å²) >= 11 is 1.86. The third kappa shape index (κ3) is 3.03. The summed E-state index contributed by atoms with van der Waals surface area (Å²) in [6.45, 7) is 12.3. The van der Waals surface area contributed by atoms with Crippen LogP contribution < -0.4 is 5.32 Å². The summed E-state index contributed by atoms with van der Waals surface area (Å²) in [5.41, 5.74) is 0.187. The van der Waals surface area contributed by atoms with Crippen molar-refractivity contribution in [3.8, 4) is 0 Å². The van der Waals surface area contributed by atoms with Crippen LogP contribution in [-0.2, 0) is 12.0 Å². The van der Waals surface area contributed by atoms with E-state index >= 15 is 0 Å². The van der Waals surface area contributed by atoms with E-state index < -0.39 is 0 Å². The summed E-state index contributed by atoms with van der Waals surface area (Å²) in [6.07, 6.45) is 2.05. The standard InChI is InChI=1S/C12H21N3S/c1-12(2,3)11-14-8-10(16-11)9-15-6-4-13-5-7-15/h8,13H,4-7,9H2,1-3H3. The quantitative estimate of drug-likeness (QED) is 0.853. The minimum atomic E-state index is 0.187. The maximum absolute atomic E-state index is 4.53. The fraction of sp³-hybridized carbons (Fsp3) is 0.750. The van der Waals surface area contributed by atoms with E-state index in [0.29, 0.717) is 0 Å². The van der Waals surface area contributed by atoms with Crippen molar-refractivity contribution in [2.45, 2.75) is 32.7 Å². The van der Waals surface area contributed by atoms with Crippen molar-refractivity contribution in [3.63, 3.8) is 0 Å². The lowest BCUT2D eigenvalue weighted by atomic mass is 9.98. The molecule has 2 rings (SSSR count). The van der Waals surface area contributed by atoms with E-state index in [9.17, 15) is 0 Å². The maximum atomic E-state index is 4.53. The minimum Gasteiger partial charge on any atom is -0.314 e. The number of rotatable bonds is 2. The highest BCUT2D eigenvalue weighted by Crippen LogP contribution is 2.27. The van der Waals surface area contributed by atoms with Gasteiger partial charge in [0.1, 0.15) is 0 Å². The lowest BCUT2D eigenvalue weighted by Gasteiger charge is -2.26. The van der Waals surface area contributed by atoms with E-state index in [0.717, 1.165) is 32.7 Å². The lowest BCUT2D eigenvalue weighted by Crippen LogP contribution is -2.42. The van der Waals surface area contributed by atoms with Crippen molar-refractivity contribution in [2.75, 3.05) is 26.2 Å². The second-order valence-corrected chi connectivity index (χ2v) is 6.52. The van der Waals surface area contributed by atoms with Crippen LogP contribution in [0.15, 0.2) is 6.20 Å². The molecule has 4 heteroatoms. The fourth-order valence-corrected chi connectivity index (χ4v) is 2.83. The van der Waals surface area contributed by atoms with Gasteiger partial charge in [-0.05, 0) is 0 Å². The number of hydrogen-bond acceptors (Lipinski definition) is 4. The van der Waals surface area contributed by atoms with Crippen LogP contribution in [0.4, 0.5) is 0 Å². The predicted molar refractivity (Wildman–Crippen MR) is 69.0 cm³/mol. The summed E-state index contributed by atoms with van der Waals surface area (Å²) in [6, 6.07) is 0. The molecule has 0 amide bonds.